The van der Waals surface area contributed by atoms with Gasteiger partial charge in [-0.25, -0.2) is 4.39 Å². The normalized spacial score (nSPS) is 19.9. The van der Waals surface area contributed by atoms with Crippen LogP contribution in [-0.2, 0) is 9.53 Å². The van der Waals surface area contributed by atoms with E-state index in [0.29, 0.717) is 12.2 Å². The summed E-state index contributed by atoms with van der Waals surface area (Å²) in [6, 6.07) is 4.71. The summed E-state index contributed by atoms with van der Waals surface area (Å²) in [5.74, 6) is -0.241. The van der Waals surface area contributed by atoms with Crippen LogP contribution in [-0.4, -0.2) is 44.2 Å². The van der Waals surface area contributed by atoms with Crippen molar-refractivity contribution < 1.29 is 18.7 Å². The third-order valence-corrected chi connectivity index (χ3v) is 3.73. The van der Waals surface area contributed by atoms with Crippen LogP contribution in [0.2, 0.25) is 0 Å². The van der Waals surface area contributed by atoms with Gasteiger partial charge in [-0.15, -0.1) is 0 Å². The minimum Gasteiger partial charge on any atom is -0.494 e. The van der Waals surface area contributed by atoms with Gasteiger partial charge in [0.25, 0.3) is 0 Å². The molecule has 1 heterocycles. The van der Waals surface area contributed by atoms with Crippen LogP contribution in [0.5, 0.6) is 5.75 Å². The predicted octanol–water partition coefficient (Wildman–Crippen LogP) is 1.69. The number of hydrogen-bond acceptors (Lipinski definition) is 4. The number of rotatable bonds is 6. The number of ether oxygens (including phenoxy) is 2. The lowest BCUT2D eigenvalue weighted by Crippen LogP contribution is -2.42. The summed E-state index contributed by atoms with van der Waals surface area (Å²) >= 11 is 0. The van der Waals surface area contributed by atoms with Crippen LogP contribution in [0.4, 0.5) is 4.39 Å². The summed E-state index contributed by atoms with van der Waals surface area (Å²) in [4.78, 5) is 13.9. The van der Waals surface area contributed by atoms with Gasteiger partial charge in [-0.1, -0.05) is 13.0 Å². The maximum absolute atomic E-state index is 13.9. The van der Waals surface area contributed by atoms with Crippen molar-refractivity contribution >= 4 is 5.91 Å². The zero-order valence-corrected chi connectivity index (χ0v) is 12.6. The standard InChI is InChI=1S/C15H21FN2O3/c1-4-11(9-20-2)18-14(19)8-17-15(18)10-5-6-13(21-3)12(16)7-10/h5-7,11,15,17H,4,8-9H2,1-3H3. The van der Waals surface area contributed by atoms with E-state index in [1.165, 1.54) is 13.2 Å². The molecule has 0 radical (unpaired) electrons. The highest BCUT2D eigenvalue weighted by Crippen LogP contribution is 2.29. The Hall–Kier alpha value is -1.66. The highest BCUT2D eigenvalue weighted by Gasteiger charge is 2.36. The van der Waals surface area contributed by atoms with Crippen LogP contribution >= 0.6 is 0 Å². The Labute approximate surface area is 124 Å². The summed E-state index contributed by atoms with van der Waals surface area (Å²) in [5, 5.41) is 3.12. The van der Waals surface area contributed by atoms with Gasteiger partial charge in [0.2, 0.25) is 5.91 Å². The Morgan fingerprint density at radius 3 is 2.81 bits per heavy atom. The number of amides is 1. The minimum absolute atomic E-state index is 0.000117. The molecule has 0 bridgehead atoms. The molecule has 1 N–H and O–H groups in total. The van der Waals surface area contributed by atoms with E-state index in [4.69, 9.17) is 9.47 Å². The molecule has 1 aliphatic heterocycles. The molecule has 1 aromatic rings. The smallest absolute Gasteiger partial charge is 0.238 e. The first kappa shape index (κ1) is 15.7. The second-order valence-electron chi connectivity index (χ2n) is 5.00. The SMILES string of the molecule is CCC(COC)N1C(=O)CNC1c1ccc(OC)c(F)c1. The van der Waals surface area contributed by atoms with Crippen molar-refractivity contribution in [1.82, 2.24) is 10.2 Å². The molecule has 0 aromatic heterocycles. The predicted molar refractivity (Wildman–Crippen MR) is 76.5 cm³/mol. The van der Waals surface area contributed by atoms with E-state index < -0.39 is 5.82 Å². The topological polar surface area (TPSA) is 50.8 Å². The third-order valence-electron chi connectivity index (χ3n) is 3.73. The summed E-state index contributed by atoms with van der Waals surface area (Å²) in [6.07, 6.45) is 0.439. The highest BCUT2D eigenvalue weighted by atomic mass is 19.1. The molecule has 116 valence electrons. The molecule has 1 saturated heterocycles. The van der Waals surface area contributed by atoms with Gasteiger partial charge in [0.15, 0.2) is 11.6 Å². The third kappa shape index (κ3) is 3.16. The molecule has 1 aromatic carbocycles. The van der Waals surface area contributed by atoms with Crippen molar-refractivity contribution in [2.24, 2.45) is 0 Å². The second kappa shape index (κ2) is 6.87. The first-order valence-corrected chi connectivity index (χ1v) is 6.99. The Morgan fingerprint density at radius 1 is 1.48 bits per heavy atom. The number of halogens is 1. The quantitative estimate of drug-likeness (QED) is 0.868. The van der Waals surface area contributed by atoms with Crippen LogP contribution in [0.25, 0.3) is 0 Å². The fourth-order valence-electron chi connectivity index (χ4n) is 2.65. The van der Waals surface area contributed by atoms with Crippen molar-refractivity contribution in [2.75, 3.05) is 27.4 Å². The molecule has 2 unspecified atom stereocenters. The van der Waals surface area contributed by atoms with E-state index in [2.05, 4.69) is 5.32 Å². The van der Waals surface area contributed by atoms with E-state index in [-0.39, 0.29) is 30.4 Å². The molecule has 21 heavy (non-hydrogen) atoms. The van der Waals surface area contributed by atoms with E-state index in [9.17, 15) is 9.18 Å². The fraction of sp³-hybridized carbons (Fsp3) is 0.533. The lowest BCUT2D eigenvalue weighted by molar-refractivity contribution is -0.131. The summed E-state index contributed by atoms with van der Waals surface area (Å²) in [6.45, 7) is 2.71. The minimum atomic E-state index is -0.434. The Balaban J connectivity index is 2.28. The van der Waals surface area contributed by atoms with Gasteiger partial charge in [-0.05, 0) is 24.1 Å². The molecule has 0 saturated carbocycles. The molecule has 0 spiro atoms. The van der Waals surface area contributed by atoms with Crippen molar-refractivity contribution in [3.8, 4) is 5.75 Å². The molecule has 0 aliphatic carbocycles. The number of benzene rings is 1. The summed E-state index contributed by atoms with van der Waals surface area (Å²) in [5.41, 5.74) is 0.703. The van der Waals surface area contributed by atoms with Crippen molar-refractivity contribution in [3.63, 3.8) is 0 Å². The van der Waals surface area contributed by atoms with Crippen LogP contribution in [0.1, 0.15) is 25.1 Å². The second-order valence-corrected chi connectivity index (χ2v) is 5.00. The van der Waals surface area contributed by atoms with E-state index >= 15 is 0 Å². The molecule has 2 rings (SSSR count). The number of nitrogens with zero attached hydrogens (tertiary/aromatic N) is 1. The fourth-order valence-corrected chi connectivity index (χ4v) is 2.65. The van der Waals surface area contributed by atoms with Crippen molar-refractivity contribution in [2.45, 2.75) is 25.6 Å². The Morgan fingerprint density at radius 2 is 2.24 bits per heavy atom. The lowest BCUT2D eigenvalue weighted by Gasteiger charge is -2.32. The van der Waals surface area contributed by atoms with Crippen LogP contribution in [0.3, 0.4) is 0 Å². The van der Waals surface area contributed by atoms with E-state index in [1.807, 2.05) is 6.92 Å². The largest absolute Gasteiger partial charge is 0.494 e. The molecule has 2 atom stereocenters. The Kier molecular flexibility index (Phi) is 5.14. The van der Waals surface area contributed by atoms with Crippen molar-refractivity contribution in [1.29, 1.82) is 0 Å². The van der Waals surface area contributed by atoms with Gasteiger partial charge in [-0.3, -0.25) is 10.1 Å². The van der Waals surface area contributed by atoms with Crippen LogP contribution in [0, 0.1) is 5.82 Å². The molecule has 6 heteroatoms. The number of carbonyl (C=O) groups is 1. The van der Waals surface area contributed by atoms with Gasteiger partial charge in [-0.2, -0.15) is 0 Å². The monoisotopic (exact) mass is 296 g/mol. The Bertz CT molecular complexity index is 510. The zero-order chi connectivity index (χ0) is 15.4. The maximum Gasteiger partial charge on any atom is 0.238 e. The molecule has 5 nitrogen and oxygen atoms in total. The highest BCUT2D eigenvalue weighted by molar-refractivity contribution is 5.81. The van der Waals surface area contributed by atoms with Gasteiger partial charge in [0.05, 0.1) is 26.3 Å². The molecule has 1 aliphatic rings. The van der Waals surface area contributed by atoms with Gasteiger partial charge in [0.1, 0.15) is 6.17 Å². The number of methoxy groups -OCH3 is 2. The van der Waals surface area contributed by atoms with Crippen molar-refractivity contribution in [3.05, 3.63) is 29.6 Å². The zero-order valence-electron chi connectivity index (χ0n) is 12.6. The molecular formula is C15H21FN2O3. The first-order valence-electron chi connectivity index (χ1n) is 6.99. The van der Waals surface area contributed by atoms with Gasteiger partial charge in [0, 0.05) is 7.11 Å². The average Bonchev–Trinajstić information content (AvgIpc) is 2.86. The first-order chi connectivity index (χ1) is 10.1. The number of carbonyl (C=O) groups excluding carboxylic acids is 1. The van der Waals surface area contributed by atoms with Gasteiger partial charge >= 0.3 is 0 Å². The number of nitrogens with one attached hydrogen (secondary N) is 1. The molecule has 1 amide bonds. The lowest BCUT2D eigenvalue weighted by atomic mass is 10.1. The average molecular weight is 296 g/mol. The number of hydrogen-bond donors (Lipinski definition) is 1. The maximum atomic E-state index is 13.9. The summed E-state index contributed by atoms with van der Waals surface area (Å²) in [7, 11) is 3.03. The van der Waals surface area contributed by atoms with E-state index in [0.717, 1.165) is 6.42 Å². The van der Waals surface area contributed by atoms with Crippen LogP contribution in [0.15, 0.2) is 18.2 Å². The molecule has 1 fully saturated rings. The molecular weight excluding hydrogens is 275 g/mol. The summed E-state index contributed by atoms with van der Waals surface area (Å²) < 4.78 is 24.0. The van der Waals surface area contributed by atoms with Crippen LogP contribution < -0.4 is 10.1 Å². The van der Waals surface area contributed by atoms with Gasteiger partial charge < -0.3 is 14.4 Å². The van der Waals surface area contributed by atoms with E-state index in [1.54, 1.807) is 24.1 Å².